The zero-order valence-electron chi connectivity index (χ0n) is 5.85. The third kappa shape index (κ3) is 1.45. The van der Waals surface area contributed by atoms with E-state index in [4.69, 9.17) is 0 Å². The van der Waals surface area contributed by atoms with Gasteiger partial charge in [-0.25, -0.2) is 4.39 Å². The van der Waals surface area contributed by atoms with Crippen LogP contribution in [0.15, 0.2) is 22.7 Å². The van der Waals surface area contributed by atoms with Gasteiger partial charge in [-0.3, -0.25) is 0 Å². The zero-order valence-corrected chi connectivity index (χ0v) is 7.44. The molecule has 0 N–H and O–H groups in total. The van der Waals surface area contributed by atoms with Gasteiger partial charge in [0.05, 0.1) is 4.47 Å². The average Bonchev–Trinajstić information content (AvgIpc) is 2.77. The monoisotopic (exact) mass is 213 g/mol. The molecule has 57 valence electrons. The first-order valence-corrected chi connectivity index (χ1v) is 4.35. The van der Waals surface area contributed by atoms with Crippen molar-refractivity contribution in [1.29, 1.82) is 0 Å². The van der Waals surface area contributed by atoms with E-state index in [9.17, 15) is 4.39 Å². The molecule has 0 aliphatic heterocycles. The van der Waals surface area contributed by atoms with Crippen LogP contribution in [-0.2, 0) is 0 Å². The molecule has 11 heavy (non-hydrogen) atoms. The lowest BCUT2D eigenvalue weighted by Crippen LogP contribution is -1.82. The highest BCUT2D eigenvalue weighted by Gasteiger charge is 2.24. The first-order chi connectivity index (χ1) is 5.27. The van der Waals surface area contributed by atoms with Gasteiger partial charge in [-0.2, -0.15) is 0 Å². The van der Waals surface area contributed by atoms with Crippen LogP contribution in [0.4, 0.5) is 4.39 Å². The highest BCUT2D eigenvalue weighted by atomic mass is 79.9. The molecule has 0 unspecified atom stereocenters. The topological polar surface area (TPSA) is 0 Å². The highest BCUT2D eigenvalue weighted by molar-refractivity contribution is 9.10. The van der Waals surface area contributed by atoms with Gasteiger partial charge in [0, 0.05) is 0 Å². The van der Waals surface area contributed by atoms with Crippen LogP contribution in [0, 0.1) is 12.2 Å². The summed E-state index contributed by atoms with van der Waals surface area (Å²) in [5, 5.41) is 0. The van der Waals surface area contributed by atoms with Gasteiger partial charge in [-0.15, -0.1) is 0 Å². The minimum atomic E-state index is -0.164. The fraction of sp³-hybridized carbons (Fsp3) is 0.222. The van der Waals surface area contributed by atoms with Crippen LogP contribution in [0.5, 0.6) is 0 Å². The van der Waals surface area contributed by atoms with Gasteiger partial charge >= 0.3 is 0 Å². The van der Waals surface area contributed by atoms with E-state index in [1.807, 2.05) is 6.07 Å². The molecular weight excluding hydrogens is 207 g/mol. The molecular formula is C9H7BrF. The van der Waals surface area contributed by atoms with Gasteiger partial charge in [0.1, 0.15) is 5.82 Å². The number of halogens is 2. The molecule has 1 fully saturated rings. The van der Waals surface area contributed by atoms with Crippen LogP contribution in [0.25, 0.3) is 0 Å². The Morgan fingerprint density at radius 1 is 1.45 bits per heavy atom. The molecule has 1 aliphatic carbocycles. The maximum absolute atomic E-state index is 12.9. The number of hydrogen-bond donors (Lipinski definition) is 0. The minimum absolute atomic E-state index is 0.164. The van der Waals surface area contributed by atoms with Crippen molar-refractivity contribution in [2.75, 3.05) is 0 Å². The van der Waals surface area contributed by atoms with Crippen molar-refractivity contribution in [2.24, 2.45) is 0 Å². The van der Waals surface area contributed by atoms with Crippen molar-refractivity contribution in [3.8, 4) is 0 Å². The van der Waals surface area contributed by atoms with E-state index >= 15 is 0 Å². The second kappa shape index (κ2) is 2.59. The quantitative estimate of drug-likeness (QED) is 0.672. The Labute approximate surface area is 73.6 Å². The first kappa shape index (κ1) is 7.29. The van der Waals surface area contributed by atoms with Crippen molar-refractivity contribution >= 4 is 15.9 Å². The fourth-order valence-electron chi connectivity index (χ4n) is 1.08. The summed E-state index contributed by atoms with van der Waals surface area (Å²) in [4.78, 5) is 0. The van der Waals surface area contributed by atoms with Crippen molar-refractivity contribution in [1.82, 2.24) is 0 Å². The van der Waals surface area contributed by atoms with Gasteiger partial charge in [0.25, 0.3) is 0 Å². The van der Waals surface area contributed by atoms with Gasteiger partial charge in [0.15, 0.2) is 0 Å². The van der Waals surface area contributed by atoms with Crippen LogP contribution in [0.3, 0.4) is 0 Å². The van der Waals surface area contributed by atoms with E-state index < -0.39 is 0 Å². The summed E-state index contributed by atoms with van der Waals surface area (Å²) in [6.07, 6.45) is 3.27. The Morgan fingerprint density at radius 3 is 2.73 bits per heavy atom. The molecule has 0 spiro atoms. The largest absolute Gasteiger partial charge is 0.206 e. The normalized spacial score (nSPS) is 16.9. The second-order valence-corrected chi connectivity index (χ2v) is 3.61. The van der Waals surface area contributed by atoms with Gasteiger partial charge in [-0.1, -0.05) is 6.07 Å². The average molecular weight is 214 g/mol. The van der Waals surface area contributed by atoms with Crippen molar-refractivity contribution < 1.29 is 4.39 Å². The van der Waals surface area contributed by atoms with Crippen molar-refractivity contribution in [3.05, 3.63) is 40.5 Å². The lowest BCUT2D eigenvalue weighted by atomic mass is 10.1. The maximum Gasteiger partial charge on any atom is 0.137 e. The molecule has 1 saturated carbocycles. The SMILES string of the molecule is Fc1cc([C@H]2[CH]C2)ccc1Br. The molecule has 0 bridgehead atoms. The summed E-state index contributed by atoms with van der Waals surface area (Å²) in [5.41, 5.74) is 1.09. The number of rotatable bonds is 1. The van der Waals surface area contributed by atoms with E-state index in [-0.39, 0.29) is 5.82 Å². The van der Waals surface area contributed by atoms with Crippen molar-refractivity contribution in [2.45, 2.75) is 12.3 Å². The summed E-state index contributed by atoms with van der Waals surface area (Å²) in [7, 11) is 0. The van der Waals surface area contributed by atoms with Gasteiger partial charge in [0.2, 0.25) is 0 Å². The van der Waals surface area contributed by atoms with Crippen LogP contribution < -0.4 is 0 Å². The Kier molecular flexibility index (Phi) is 1.72. The van der Waals surface area contributed by atoms with E-state index in [2.05, 4.69) is 22.4 Å². The second-order valence-electron chi connectivity index (χ2n) is 2.75. The standard InChI is InChI=1S/C9H7BrF/c10-8-4-3-7(5-9(8)11)6-1-2-6/h1,3-6H,2H2/t6-/m0/s1. The predicted octanol–water partition coefficient (Wildman–Crippen LogP) is 3.28. The van der Waals surface area contributed by atoms with Gasteiger partial charge < -0.3 is 0 Å². The van der Waals surface area contributed by atoms with E-state index in [1.54, 1.807) is 12.1 Å². The van der Waals surface area contributed by atoms with Crippen molar-refractivity contribution in [3.63, 3.8) is 0 Å². The molecule has 0 saturated heterocycles. The smallest absolute Gasteiger partial charge is 0.137 e. The molecule has 1 radical (unpaired) electrons. The Hall–Kier alpha value is -0.370. The van der Waals surface area contributed by atoms with Crippen LogP contribution >= 0.6 is 15.9 Å². The number of hydrogen-bond acceptors (Lipinski definition) is 0. The molecule has 1 aromatic carbocycles. The lowest BCUT2D eigenvalue weighted by molar-refractivity contribution is 0.619. The lowest BCUT2D eigenvalue weighted by Gasteiger charge is -1.98. The highest BCUT2D eigenvalue weighted by Crippen LogP contribution is 2.39. The van der Waals surface area contributed by atoms with Crippen LogP contribution in [0.1, 0.15) is 17.9 Å². The Morgan fingerprint density at radius 2 is 2.18 bits per heavy atom. The maximum atomic E-state index is 12.9. The third-order valence-electron chi connectivity index (χ3n) is 1.84. The zero-order chi connectivity index (χ0) is 7.84. The van der Waals surface area contributed by atoms with E-state index in [0.717, 1.165) is 12.0 Å². The molecule has 0 aromatic heterocycles. The molecule has 0 heterocycles. The summed E-state index contributed by atoms with van der Waals surface area (Å²) < 4.78 is 13.4. The Bertz CT molecular complexity index is 279. The molecule has 0 amide bonds. The third-order valence-corrected chi connectivity index (χ3v) is 2.49. The molecule has 1 aromatic rings. The van der Waals surface area contributed by atoms with E-state index in [0.29, 0.717) is 10.4 Å². The first-order valence-electron chi connectivity index (χ1n) is 3.55. The van der Waals surface area contributed by atoms with Gasteiger partial charge in [-0.05, 0) is 52.4 Å². The summed E-state index contributed by atoms with van der Waals surface area (Å²) >= 11 is 3.11. The van der Waals surface area contributed by atoms with Crippen LogP contribution in [-0.4, -0.2) is 0 Å². The Balaban J connectivity index is 2.36. The summed E-state index contributed by atoms with van der Waals surface area (Å²) in [6.45, 7) is 0. The predicted molar refractivity (Wildman–Crippen MR) is 45.8 cm³/mol. The molecule has 1 aliphatic rings. The van der Waals surface area contributed by atoms with Crippen LogP contribution in [0.2, 0.25) is 0 Å². The minimum Gasteiger partial charge on any atom is -0.206 e. The molecule has 2 rings (SSSR count). The fourth-order valence-corrected chi connectivity index (χ4v) is 1.33. The number of benzene rings is 1. The summed E-state index contributed by atoms with van der Waals surface area (Å²) in [6, 6.07) is 5.32. The molecule has 0 nitrogen and oxygen atoms in total. The molecule has 2 heteroatoms. The summed E-state index contributed by atoms with van der Waals surface area (Å²) in [5.74, 6) is 0.348. The van der Waals surface area contributed by atoms with E-state index in [1.165, 1.54) is 0 Å². The molecule has 1 atom stereocenters.